The van der Waals surface area contributed by atoms with Gasteiger partial charge in [0.15, 0.2) is 0 Å². The third-order valence-corrected chi connectivity index (χ3v) is 10.6. The molecular formula is C41H57N5O5. The third-order valence-electron chi connectivity index (χ3n) is 10.6. The fourth-order valence-electron chi connectivity index (χ4n) is 7.35. The second kappa shape index (κ2) is 18.9. The average Bonchev–Trinajstić information content (AvgIpc) is 3.73. The van der Waals surface area contributed by atoms with Gasteiger partial charge in [-0.05, 0) is 48.9 Å². The van der Waals surface area contributed by atoms with E-state index in [-0.39, 0.29) is 61.1 Å². The first kappa shape index (κ1) is 38.0. The van der Waals surface area contributed by atoms with Crippen LogP contribution in [0.1, 0.15) is 118 Å². The molecule has 5 rings (SSSR count). The molecule has 51 heavy (non-hydrogen) atoms. The van der Waals surface area contributed by atoms with Crippen molar-refractivity contribution in [1.29, 1.82) is 0 Å². The van der Waals surface area contributed by atoms with Crippen molar-refractivity contribution in [2.24, 2.45) is 5.92 Å². The summed E-state index contributed by atoms with van der Waals surface area (Å²) in [5.41, 5.74) is 2.62. The fraction of sp³-hybridized carbons (Fsp3) is 0.585. The molecule has 10 nitrogen and oxygen atoms in total. The van der Waals surface area contributed by atoms with Gasteiger partial charge in [0.1, 0.15) is 12.6 Å². The number of piperazine rings is 1. The predicted octanol–water partition coefficient (Wildman–Crippen LogP) is 5.42. The minimum Gasteiger partial charge on any atom is -0.354 e. The predicted molar refractivity (Wildman–Crippen MR) is 198 cm³/mol. The number of benzene rings is 2. The van der Waals surface area contributed by atoms with Crippen molar-refractivity contribution in [3.63, 3.8) is 0 Å². The Labute approximate surface area is 303 Å². The van der Waals surface area contributed by atoms with Gasteiger partial charge in [-0.3, -0.25) is 24.0 Å². The molecule has 3 fully saturated rings. The number of carbonyl (C=O) groups excluding carboxylic acids is 5. The molecule has 10 heteroatoms. The Bertz CT molecular complexity index is 1480. The van der Waals surface area contributed by atoms with Crippen LogP contribution in [0.25, 0.3) is 0 Å². The zero-order valence-corrected chi connectivity index (χ0v) is 30.6. The van der Waals surface area contributed by atoms with Crippen LogP contribution in [0, 0.1) is 5.92 Å². The van der Waals surface area contributed by atoms with Gasteiger partial charge in [-0.15, -0.1) is 0 Å². The second-order valence-electron chi connectivity index (χ2n) is 14.6. The molecule has 2 N–H and O–H groups in total. The molecule has 0 spiro atoms. The Morgan fingerprint density at radius 3 is 2.24 bits per heavy atom. The third kappa shape index (κ3) is 10.7. The van der Waals surface area contributed by atoms with Crippen LogP contribution in [0.4, 0.5) is 0 Å². The van der Waals surface area contributed by atoms with Crippen LogP contribution < -0.4 is 10.6 Å². The normalized spacial score (nSPS) is 21.5. The topological polar surface area (TPSA) is 119 Å². The number of unbranched alkanes of at least 4 members (excludes halogenated alkanes) is 7. The van der Waals surface area contributed by atoms with Crippen LogP contribution in [-0.2, 0) is 25.7 Å². The van der Waals surface area contributed by atoms with E-state index in [1.165, 1.54) is 10.5 Å². The molecule has 2 aromatic carbocycles. The Kier molecular flexibility index (Phi) is 14.1. The minimum atomic E-state index is -0.734. The molecule has 3 aliphatic rings. The van der Waals surface area contributed by atoms with Crippen molar-refractivity contribution >= 4 is 29.5 Å². The van der Waals surface area contributed by atoms with Gasteiger partial charge < -0.3 is 25.3 Å². The number of hydrogen-bond donors (Lipinski definition) is 2. The highest BCUT2D eigenvalue weighted by atomic mass is 16.2. The molecule has 2 aliphatic heterocycles. The maximum Gasteiger partial charge on any atom is 0.253 e. The molecule has 0 unspecified atom stereocenters. The molecule has 4 atom stereocenters. The van der Waals surface area contributed by atoms with Crippen molar-refractivity contribution in [2.45, 2.75) is 115 Å². The number of nitrogens with zero attached hydrogens (tertiary/aromatic N) is 3. The quantitative estimate of drug-likeness (QED) is 0.202. The summed E-state index contributed by atoms with van der Waals surface area (Å²) in [6.45, 7) is 6.07. The lowest BCUT2D eigenvalue weighted by molar-refractivity contribution is -0.154. The van der Waals surface area contributed by atoms with Gasteiger partial charge in [0.2, 0.25) is 23.6 Å². The summed E-state index contributed by atoms with van der Waals surface area (Å²) in [4.78, 5) is 71.3. The lowest BCUT2D eigenvalue weighted by Crippen LogP contribution is -2.62. The van der Waals surface area contributed by atoms with E-state index in [1.54, 1.807) is 21.9 Å². The lowest BCUT2D eigenvalue weighted by atomic mass is 10.1. The van der Waals surface area contributed by atoms with Crippen LogP contribution in [0.3, 0.4) is 0 Å². The van der Waals surface area contributed by atoms with Crippen molar-refractivity contribution in [3.8, 4) is 0 Å². The summed E-state index contributed by atoms with van der Waals surface area (Å²) in [6.07, 6.45) is 11.1. The summed E-state index contributed by atoms with van der Waals surface area (Å²) < 4.78 is 0. The summed E-state index contributed by atoms with van der Waals surface area (Å²) >= 11 is 0. The van der Waals surface area contributed by atoms with E-state index < -0.39 is 6.04 Å². The van der Waals surface area contributed by atoms with E-state index in [0.29, 0.717) is 44.0 Å². The van der Waals surface area contributed by atoms with Crippen molar-refractivity contribution < 1.29 is 24.0 Å². The second-order valence-corrected chi connectivity index (χ2v) is 14.6. The molecular weight excluding hydrogens is 642 g/mol. The highest BCUT2D eigenvalue weighted by Gasteiger charge is 2.42. The van der Waals surface area contributed by atoms with E-state index >= 15 is 0 Å². The van der Waals surface area contributed by atoms with Gasteiger partial charge in [-0.1, -0.05) is 101 Å². The standard InChI is InChI=1S/C41H57N5O5/c1-3-5-7-9-13-17-37(47)46-29-38(48)45(28-36(46)40(50)42-23-14-8-6-4-2)26-30-18-20-32(21-19-30)41(51)44-24-22-33(27-44)39(49)43-35-25-34(35)31-15-11-10-12-16-31/h10-12,15-16,18-21,33-36H,3-9,13-14,17,22-29H2,1-2H3,(H,42,50)(H,43,49)/t33-,34+,35-,36+/m0/s1. The highest BCUT2D eigenvalue weighted by molar-refractivity contribution is 5.95. The van der Waals surface area contributed by atoms with Gasteiger partial charge in [0, 0.05) is 50.1 Å². The molecule has 1 saturated carbocycles. The Morgan fingerprint density at radius 2 is 1.51 bits per heavy atom. The van der Waals surface area contributed by atoms with Crippen molar-refractivity contribution in [2.75, 3.05) is 32.7 Å². The first-order valence-electron chi connectivity index (χ1n) is 19.4. The zero-order valence-electron chi connectivity index (χ0n) is 30.6. The maximum atomic E-state index is 13.4. The molecule has 2 heterocycles. The van der Waals surface area contributed by atoms with E-state index in [1.807, 2.05) is 30.3 Å². The number of hydrogen-bond acceptors (Lipinski definition) is 5. The van der Waals surface area contributed by atoms with Crippen LogP contribution in [0.2, 0.25) is 0 Å². The molecule has 5 amide bonds. The Morgan fingerprint density at radius 1 is 0.804 bits per heavy atom. The first-order valence-corrected chi connectivity index (χ1v) is 19.4. The lowest BCUT2D eigenvalue weighted by Gasteiger charge is -2.40. The van der Waals surface area contributed by atoms with Crippen LogP contribution in [0.15, 0.2) is 54.6 Å². The molecule has 0 aromatic heterocycles. The van der Waals surface area contributed by atoms with E-state index in [0.717, 1.165) is 69.8 Å². The van der Waals surface area contributed by atoms with E-state index in [4.69, 9.17) is 0 Å². The highest BCUT2D eigenvalue weighted by Crippen LogP contribution is 2.41. The SMILES string of the molecule is CCCCCCCC(=O)N1CC(=O)N(Cc2ccc(C(=O)N3CC[C@H](C(=O)N[C@H]4C[C@@H]4c4ccccc4)C3)cc2)C[C@@H]1C(=O)NCCCCCC. The minimum absolute atomic E-state index is 0.0194. The molecule has 0 bridgehead atoms. The van der Waals surface area contributed by atoms with E-state index in [9.17, 15) is 24.0 Å². The number of rotatable bonds is 18. The zero-order chi connectivity index (χ0) is 36.2. The van der Waals surface area contributed by atoms with Crippen molar-refractivity contribution in [1.82, 2.24) is 25.3 Å². The Hall–Kier alpha value is -4.21. The van der Waals surface area contributed by atoms with Gasteiger partial charge in [0.25, 0.3) is 5.91 Å². The smallest absolute Gasteiger partial charge is 0.253 e. The van der Waals surface area contributed by atoms with Gasteiger partial charge in [-0.25, -0.2) is 0 Å². The summed E-state index contributed by atoms with van der Waals surface area (Å²) in [5, 5.41) is 6.21. The largest absolute Gasteiger partial charge is 0.354 e. The number of amides is 5. The molecule has 0 radical (unpaired) electrons. The Balaban J connectivity index is 1.13. The van der Waals surface area contributed by atoms with Gasteiger partial charge >= 0.3 is 0 Å². The monoisotopic (exact) mass is 699 g/mol. The van der Waals surface area contributed by atoms with Crippen LogP contribution in [-0.4, -0.2) is 89.0 Å². The number of carbonyl (C=O) groups is 5. The molecule has 1 aliphatic carbocycles. The summed E-state index contributed by atoms with van der Waals surface area (Å²) in [7, 11) is 0. The first-order chi connectivity index (χ1) is 24.8. The van der Waals surface area contributed by atoms with Crippen molar-refractivity contribution in [3.05, 3.63) is 71.3 Å². The average molecular weight is 700 g/mol. The maximum absolute atomic E-state index is 13.4. The summed E-state index contributed by atoms with van der Waals surface area (Å²) in [5.74, 6) is -0.490. The number of nitrogens with one attached hydrogen (secondary N) is 2. The molecule has 2 saturated heterocycles. The van der Waals surface area contributed by atoms with Gasteiger partial charge in [0.05, 0.1) is 12.5 Å². The van der Waals surface area contributed by atoms with Crippen LogP contribution >= 0.6 is 0 Å². The molecule has 276 valence electrons. The molecule has 2 aromatic rings. The van der Waals surface area contributed by atoms with Crippen LogP contribution in [0.5, 0.6) is 0 Å². The fourth-order valence-corrected chi connectivity index (χ4v) is 7.35. The van der Waals surface area contributed by atoms with E-state index in [2.05, 4.69) is 36.6 Å². The van der Waals surface area contributed by atoms with Gasteiger partial charge in [-0.2, -0.15) is 0 Å². The number of likely N-dealkylation sites (tertiary alicyclic amines) is 1. The summed E-state index contributed by atoms with van der Waals surface area (Å²) in [6, 6.07) is 16.9.